The van der Waals surface area contributed by atoms with Crippen LogP contribution in [0.2, 0.25) is 0 Å². The molecule has 0 heterocycles. The van der Waals surface area contributed by atoms with Crippen LogP contribution in [-0.4, -0.2) is 44.6 Å². The number of quaternary nitrogens is 1. The van der Waals surface area contributed by atoms with Crippen molar-refractivity contribution in [1.29, 1.82) is 0 Å². The van der Waals surface area contributed by atoms with E-state index in [0.717, 1.165) is 17.7 Å². The van der Waals surface area contributed by atoms with Crippen LogP contribution < -0.4 is 20.3 Å². The van der Waals surface area contributed by atoms with E-state index in [1.807, 2.05) is 32.2 Å². The van der Waals surface area contributed by atoms with Gasteiger partial charge in [0.1, 0.15) is 5.75 Å². The lowest BCUT2D eigenvalue weighted by Crippen LogP contribution is -3.15. The Hall–Kier alpha value is -2.08. The number of anilines is 1. The monoisotopic (exact) mass is 334 g/mol. The summed E-state index contributed by atoms with van der Waals surface area (Å²) in [5.41, 5.74) is 0.690. The fraction of sp³-hybridized carbons (Fsp3) is 0.556. The predicted octanol–water partition coefficient (Wildman–Crippen LogP) is 0.596. The molecule has 3 N–H and O–H groups in total. The minimum Gasteiger partial charge on any atom is -0.497 e. The van der Waals surface area contributed by atoms with Gasteiger partial charge in [0, 0.05) is 17.8 Å². The van der Waals surface area contributed by atoms with E-state index in [0.29, 0.717) is 17.5 Å². The second-order valence-corrected chi connectivity index (χ2v) is 6.51. The van der Waals surface area contributed by atoms with Crippen molar-refractivity contribution in [1.82, 2.24) is 5.32 Å². The van der Waals surface area contributed by atoms with Gasteiger partial charge in [0.05, 0.1) is 14.2 Å². The molecule has 6 heteroatoms. The van der Waals surface area contributed by atoms with Gasteiger partial charge in [-0.1, -0.05) is 18.9 Å². The minimum absolute atomic E-state index is 0.0218. The Morgan fingerprint density at radius 2 is 2.04 bits per heavy atom. The maximum atomic E-state index is 12.3. The van der Waals surface area contributed by atoms with Crippen molar-refractivity contribution in [3.63, 3.8) is 0 Å². The van der Waals surface area contributed by atoms with E-state index >= 15 is 0 Å². The highest BCUT2D eigenvalue weighted by molar-refractivity contribution is 5.91. The Labute approximate surface area is 143 Å². The van der Waals surface area contributed by atoms with Crippen LogP contribution in [-0.2, 0) is 9.59 Å². The number of benzene rings is 1. The molecule has 0 aromatic heterocycles. The fourth-order valence-electron chi connectivity index (χ4n) is 2.93. The number of hydrogen-bond acceptors (Lipinski definition) is 3. The fourth-order valence-corrected chi connectivity index (χ4v) is 2.93. The molecular formula is C18H28N3O3+. The van der Waals surface area contributed by atoms with Gasteiger partial charge in [0.15, 0.2) is 12.6 Å². The third-order valence-electron chi connectivity index (χ3n) is 4.63. The molecule has 1 aliphatic carbocycles. The van der Waals surface area contributed by atoms with Gasteiger partial charge < -0.3 is 20.3 Å². The summed E-state index contributed by atoms with van der Waals surface area (Å²) in [7, 11) is 3.45. The molecule has 1 aromatic carbocycles. The molecule has 0 bridgehead atoms. The molecule has 2 atom stereocenters. The maximum Gasteiger partial charge on any atom is 0.279 e. The number of hydrogen-bond donors (Lipinski definition) is 3. The lowest BCUT2D eigenvalue weighted by Gasteiger charge is -2.22. The zero-order valence-electron chi connectivity index (χ0n) is 14.7. The highest BCUT2D eigenvalue weighted by Gasteiger charge is 2.26. The van der Waals surface area contributed by atoms with Crippen molar-refractivity contribution < 1.29 is 19.2 Å². The van der Waals surface area contributed by atoms with Gasteiger partial charge in [-0.3, -0.25) is 9.59 Å². The van der Waals surface area contributed by atoms with E-state index in [1.165, 1.54) is 12.8 Å². The minimum atomic E-state index is -0.262. The van der Waals surface area contributed by atoms with Crippen molar-refractivity contribution in [3.8, 4) is 5.75 Å². The topological polar surface area (TPSA) is 71.9 Å². The molecule has 1 unspecified atom stereocenters. The third-order valence-corrected chi connectivity index (χ3v) is 4.63. The number of carbonyl (C=O) groups excluding carboxylic acids is 2. The molecule has 0 spiro atoms. The van der Waals surface area contributed by atoms with Crippen LogP contribution in [0.4, 0.5) is 5.69 Å². The van der Waals surface area contributed by atoms with Crippen molar-refractivity contribution >= 4 is 17.5 Å². The van der Waals surface area contributed by atoms with E-state index < -0.39 is 0 Å². The van der Waals surface area contributed by atoms with Crippen LogP contribution in [0.5, 0.6) is 5.75 Å². The molecule has 1 aromatic rings. The predicted molar refractivity (Wildman–Crippen MR) is 93.2 cm³/mol. The summed E-state index contributed by atoms with van der Waals surface area (Å²) < 4.78 is 5.14. The summed E-state index contributed by atoms with van der Waals surface area (Å²) in [5.74, 6) is 0.590. The molecule has 24 heavy (non-hydrogen) atoms. The summed E-state index contributed by atoms with van der Waals surface area (Å²) in [5, 5.41) is 5.93. The molecule has 132 valence electrons. The van der Waals surface area contributed by atoms with Gasteiger partial charge in [-0.2, -0.15) is 0 Å². The number of methoxy groups -OCH3 is 1. The number of rotatable bonds is 7. The van der Waals surface area contributed by atoms with Gasteiger partial charge in [-0.15, -0.1) is 0 Å². The summed E-state index contributed by atoms with van der Waals surface area (Å²) >= 11 is 0. The zero-order valence-corrected chi connectivity index (χ0v) is 14.7. The molecule has 2 rings (SSSR count). The van der Waals surface area contributed by atoms with E-state index in [4.69, 9.17) is 4.74 Å². The Balaban J connectivity index is 1.82. The van der Waals surface area contributed by atoms with Crippen molar-refractivity contribution in [2.75, 3.05) is 26.0 Å². The lowest BCUT2D eigenvalue weighted by molar-refractivity contribution is -0.885. The molecule has 1 fully saturated rings. The van der Waals surface area contributed by atoms with Gasteiger partial charge in [0.25, 0.3) is 11.8 Å². The number of ether oxygens (including phenoxy) is 1. The van der Waals surface area contributed by atoms with Crippen LogP contribution >= 0.6 is 0 Å². The quantitative estimate of drug-likeness (QED) is 0.684. The van der Waals surface area contributed by atoms with E-state index in [2.05, 4.69) is 10.6 Å². The summed E-state index contributed by atoms with van der Waals surface area (Å²) in [6.07, 6.45) is 4.50. The standard InChI is InChI=1S/C18H27N3O3/c1-13(18(23)20-14-7-4-5-8-14)21(2)12-17(22)19-15-9-6-10-16(11-15)24-3/h6,9-11,13-14H,4-5,7-8,12H2,1-3H3,(H,19,22)(H,20,23)/p+1/t13-/m1/s1. The van der Waals surface area contributed by atoms with E-state index in [-0.39, 0.29) is 24.4 Å². The second-order valence-electron chi connectivity index (χ2n) is 6.51. The Morgan fingerprint density at radius 3 is 2.71 bits per heavy atom. The highest BCUT2D eigenvalue weighted by Crippen LogP contribution is 2.17. The average Bonchev–Trinajstić information content (AvgIpc) is 3.06. The van der Waals surface area contributed by atoms with Crippen LogP contribution in [0.25, 0.3) is 0 Å². The van der Waals surface area contributed by atoms with Crippen LogP contribution in [0.1, 0.15) is 32.6 Å². The van der Waals surface area contributed by atoms with Gasteiger partial charge in [0.2, 0.25) is 0 Å². The molecule has 0 aliphatic heterocycles. The largest absolute Gasteiger partial charge is 0.497 e. The zero-order chi connectivity index (χ0) is 17.5. The Morgan fingerprint density at radius 1 is 1.33 bits per heavy atom. The molecule has 0 radical (unpaired) electrons. The first-order valence-corrected chi connectivity index (χ1v) is 8.56. The Bertz CT molecular complexity index is 570. The average molecular weight is 334 g/mol. The first-order valence-electron chi connectivity index (χ1n) is 8.56. The number of nitrogens with one attached hydrogen (secondary N) is 3. The molecule has 1 saturated carbocycles. The van der Waals surface area contributed by atoms with Crippen LogP contribution in [0.3, 0.4) is 0 Å². The van der Waals surface area contributed by atoms with E-state index in [1.54, 1.807) is 13.2 Å². The molecule has 2 amide bonds. The van der Waals surface area contributed by atoms with Gasteiger partial charge in [-0.05, 0) is 31.9 Å². The molecule has 6 nitrogen and oxygen atoms in total. The smallest absolute Gasteiger partial charge is 0.279 e. The van der Waals surface area contributed by atoms with E-state index in [9.17, 15) is 9.59 Å². The van der Waals surface area contributed by atoms with Crippen molar-refractivity contribution in [2.45, 2.75) is 44.7 Å². The highest BCUT2D eigenvalue weighted by atomic mass is 16.5. The lowest BCUT2D eigenvalue weighted by atomic mass is 10.2. The van der Waals surface area contributed by atoms with Gasteiger partial charge >= 0.3 is 0 Å². The number of carbonyl (C=O) groups is 2. The second kappa shape index (κ2) is 8.68. The van der Waals surface area contributed by atoms with Crippen molar-refractivity contribution in [3.05, 3.63) is 24.3 Å². The number of likely N-dealkylation sites (N-methyl/N-ethyl adjacent to an activating group) is 1. The first kappa shape index (κ1) is 18.3. The maximum absolute atomic E-state index is 12.3. The SMILES string of the molecule is COc1cccc(NC(=O)C[NH+](C)[C@H](C)C(=O)NC2CCCC2)c1. The van der Waals surface area contributed by atoms with Crippen LogP contribution in [0.15, 0.2) is 24.3 Å². The first-order chi connectivity index (χ1) is 11.5. The number of amides is 2. The van der Waals surface area contributed by atoms with Gasteiger partial charge in [-0.25, -0.2) is 0 Å². The third kappa shape index (κ3) is 5.23. The molecule has 0 saturated heterocycles. The van der Waals surface area contributed by atoms with Crippen molar-refractivity contribution in [2.24, 2.45) is 0 Å². The molecule has 1 aliphatic rings. The summed E-state index contributed by atoms with van der Waals surface area (Å²) in [4.78, 5) is 25.3. The summed E-state index contributed by atoms with van der Waals surface area (Å²) in [6, 6.07) is 7.26. The van der Waals surface area contributed by atoms with Crippen LogP contribution in [0, 0.1) is 0 Å². The summed E-state index contributed by atoms with van der Waals surface area (Å²) in [6.45, 7) is 2.09. The Kier molecular flexibility index (Phi) is 6.61. The molecular weight excluding hydrogens is 306 g/mol. The normalized spacial score (nSPS) is 17.1.